The van der Waals surface area contributed by atoms with Gasteiger partial charge in [-0.2, -0.15) is 5.10 Å². The maximum absolute atomic E-state index is 4.63. The third-order valence-corrected chi connectivity index (χ3v) is 5.57. The monoisotopic (exact) mass is 358 g/mol. The maximum Gasteiger partial charge on any atom is 0.225 e. The van der Waals surface area contributed by atoms with Gasteiger partial charge in [0, 0.05) is 58.7 Å². The van der Waals surface area contributed by atoms with Crippen LogP contribution in [0.2, 0.25) is 0 Å². The fraction of sp³-hybridized carbons (Fsp3) is 0.500. The molecule has 0 aromatic carbocycles. The van der Waals surface area contributed by atoms with E-state index in [2.05, 4.69) is 35.2 Å². The molecule has 4 heterocycles. The van der Waals surface area contributed by atoms with Gasteiger partial charge >= 0.3 is 0 Å². The Kier molecular flexibility index (Phi) is 4.50. The number of aromatic nitrogens is 5. The normalized spacial score (nSPS) is 15.8. The average molecular weight is 358 g/mol. The number of hydrogen-bond acceptors (Lipinski definition) is 8. The van der Waals surface area contributed by atoms with Crippen LogP contribution in [-0.2, 0) is 7.05 Å². The number of anilines is 2. The highest BCUT2D eigenvalue weighted by molar-refractivity contribution is 7.22. The first-order valence-electron chi connectivity index (χ1n) is 8.49. The zero-order valence-corrected chi connectivity index (χ0v) is 15.3. The van der Waals surface area contributed by atoms with Gasteiger partial charge in [-0.15, -0.1) is 0 Å². The Balaban J connectivity index is 1.26. The van der Waals surface area contributed by atoms with Crippen molar-refractivity contribution in [1.82, 2.24) is 29.6 Å². The van der Waals surface area contributed by atoms with Crippen LogP contribution in [0, 0.1) is 6.92 Å². The number of aryl methyl sites for hydroxylation is 2. The predicted octanol–water partition coefficient (Wildman–Crippen LogP) is 1.36. The first-order chi connectivity index (χ1) is 12.2. The summed E-state index contributed by atoms with van der Waals surface area (Å²) in [5.74, 6) is 0.832. The molecule has 3 aromatic rings. The van der Waals surface area contributed by atoms with Gasteiger partial charge in [-0.05, 0) is 13.0 Å². The van der Waals surface area contributed by atoms with E-state index < -0.39 is 0 Å². The lowest BCUT2D eigenvalue weighted by Gasteiger charge is -2.34. The summed E-state index contributed by atoms with van der Waals surface area (Å²) < 4.78 is 3.01. The molecule has 0 amide bonds. The minimum absolute atomic E-state index is 0.832. The van der Waals surface area contributed by atoms with Gasteiger partial charge in [-0.1, -0.05) is 11.3 Å². The lowest BCUT2D eigenvalue weighted by Crippen LogP contribution is -2.48. The fourth-order valence-electron chi connectivity index (χ4n) is 3.11. The van der Waals surface area contributed by atoms with E-state index in [1.165, 1.54) is 4.70 Å². The number of thiazole rings is 1. The molecule has 25 heavy (non-hydrogen) atoms. The van der Waals surface area contributed by atoms with Crippen LogP contribution >= 0.6 is 11.3 Å². The fourth-order valence-corrected chi connectivity index (χ4v) is 4.06. The number of fused-ring (bicyclic) bond motifs is 1. The standard InChI is InChI=1S/C16H22N8S/c1-12-13-14(22(2)21-12)20-16(25-13)19-6-7-23-8-10-24(11-9-23)15-17-4-3-5-18-15/h3-5H,6-11H2,1-2H3,(H,19,20). The van der Waals surface area contributed by atoms with Gasteiger partial charge in [0.25, 0.3) is 0 Å². The smallest absolute Gasteiger partial charge is 0.225 e. The van der Waals surface area contributed by atoms with Crippen LogP contribution in [0.4, 0.5) is 11.1 Å². The van der Waals surface area contributed by atoms with Crippen LogP contribution in [0.1, 0.15) is 5.69 Å². The highest BCUT2D eigenvalue weighted by Gasteiger charge is 2.18. The predicted molar refractivity (Wildman–Crippen MR) is 100 cm³/mol. The molecule has 1 saturated heterocycles. The Hall–Kier alpha value is -2.26. The summed E-state index contributed by atoms with van der Waals surface area (Å²) in [6.45, 7) is 7.93. The largest absolute Gasteiger partial charge is 0.360 e. The molecule has 1 aliphatic rings. The van der Waals surface area contributed by atoms with Crippen molar-refractivity contribution < 1.29 is 0 Å². The van der Waals surface area contributed by atoms with Crippen LogP contribution < -0.4 is 10.2 Å². The summed E-state index contributed by atoms with van der Waals surface area (Å²) in [5.41, 5.74) is 2.00. The molecule has 3 aromatic heterocycles. The van der Waals surface area contributed by atoms with Crippen molar-refractivity contribution in [3.05, 3.63) is 24.2 Å². The second kappa shape index (κ2) is 6.93. The molecule has 1 fully saturated rings. The molecule has 9 heteroatoms. The van der Waals surface area contributed by atoms with Crippen LogP contribution in [0.5, 0.6) is 0 Å². The topological polar surface area (TPSA) is 75.0 Å². The highest BCUT2D eigenvalue weighted by atomic mass is 32.1. The first kappa shape index (κ1) is 16.2. The Morgan fingerprint density at radius 3 is 2.64 bits per heavy atom. The summed E-state index contributed by atoms with van der Waals surface area (Å²) in [7, 11) is 1.94. The van der Waals surface area contributed by atoms with Gasteiger partial charge in [0.2, 0.25) is 5.95 Å². The van der Waals surface area contributed by atoms with Gasteiger partial charge in [0.1, 0.15) is 0 Å². The van der Waals surface area contributed by atoms with E-state index in [-0.39, 0.29) is 0 Å². The van der Waals surface area contributed by atoms with Crippen molar-refractivity contribution in [2.24, 2.45) is 7.05 Å². The molecular formula is C16H22N8S. The summed E-state index contributed by atoms with van der Waals surface area (Å²) in [4.78, 5) is 18.0. The molecule has 0 saturated carbocycles. The van der Waals surface area contributed by atoms with Gasteiger partial charge < -0.3 is 10.2 Å². The molecule has 132 valence electrons. The SMILES string of the molecule is Cc1nn(C)c2nc(NCCN3CCN(c4ncccn4)CC3)sc12. The van der Waals surface area contributed by atoms with Gasteiger partial charge in [-0.25, -0.2) is 19.6 Å². The van der Waals surface area contributed by atoms with Gasteiger partial charge in [0.05, 0.1) is 10.4 Å². The van der Waals surface area contributed by atoms with Crippen LogP contribution in [0.15, 0.2) is 18.5 Å². The van der Waals surface area contributed by atoms with Crippen molar-refractivity contribution in [1.29, 1.82) is 0 Å². The summed E-state index contributed by atoms with van der Waals surface area (Å²) in [6.07, 6.45) is 3.60. The lowest BCUT2D eigenvalue weighted by atomic mass is 10.3. The van der Waals surface area contributed by atoms with E-state index in [9.17, 15) is 0 Å². The molecule has 0 unspecified atom stereocenters. The molecule has 4 rings (SSSR count). The molecule has 0 atom stereocenters. The second-order valence-corrected chi connectivity index (χ2v) is 7.18. The summed E-state index contributed by atoms with van der Waals surface area (Å²) in [5, 5.41) is 8.82. The lowest BCUT2D eigenvalue weighted by molar-refractivity contribution is 0.266. The number of nitrogens with zero attached hydrogens (tertiary/aromatic N) is 7. The van der Waals surface area contributed by atoms with E-state index in [1.54, 1.807) is 23.7 Å². The first-order valence-corrected chi connectivity index (χ1v) is 9.30. The minimum atomic E-state index is 0.832. The molecule has 0 spiro atoms. The molecule has 1 N–H and O–H groups in total. The molecular weight excluding hydrogens is 336 g/mol. The van der Waals surface area contributed by atoms with E-state index in [4.69, 9.17) is 0 Å². The highest BCUT2D eigenvalue weighted by Crippen LogP contribution is 2.27. The summed E-state index contributed by atoms with van der Waals surface area (Å²) >= 11 is 1.68. The molecule has 1 aliphatic heterocycles. The average Bonchev–Trinajstić information content (AvgIpc) is 3.17. The van der Waals surface area contributed by atoms with Crippen molar-refractivity contribution >= 4 is 32.8 Å². The number of nitrogens with one attached hydrogen (secondary N) is 1. The van der Waals surface area contributed by atoms with E-state index >= 15 is 0 Å². The van der Waals surface area contributed by atoms with Gasteiger partial charge in [-0.3, -0.25) is 4.90 Å². The third-order valence-electron chi connectivity index (χ3n) is 4.46. The van der Waals surface area contributed by atoms with Crippen LogP contribution in [0.3, 0.4) is 0 Å². The van der Waals surface area contributed by atoms with E-state index in [1.807, 2.05) is 24.7 Å². The number of hydrogen-bond donors (Lipinski definition) is 1. The van der Waals surface area contributed by atoms with E-state index in [0.717, 1.165) is 61.7 Å². The summed E-state index contributed by atoms with van der Waals surface area (Å²) in [6, 6.07) is 1.85. The van der Waals surface area contributed by atoms with Crippen LogP contribution in [0.25, 0.3) is 10.3 Å². The van der Waals surface area contributed by atoms with E-state index in [0.29, 0.717) is 0 Å². The quantitative estimate of drug-likeness (QED) is 0.738. The van der Waals surface area contributed by atoms with Gasteiger partial charge in [0.15, 0.2) is 10.8 Å². The number of piperazine rings is 1. The van der Waals surface area contributed by atoms with Crippen molar-refractivity contribution in [2.45, 2.75) is 6.92 Å². The maximum atomic E-state index is 4.63. The zero-order chi connectivity index (χ0) is 17.2. The van der Waals surface area contributed by atoms with Crippen molar-refractivity contribution in [3.8, 4) is 0 Å². The Morgan fingerprint density at radius 1 is 1.16 bits per heavy atom. The molecule has 0 aliphatic carbocycles. The van der Waals surface area contributed by atoms with Crippen LogP contribution in [-0.4, -0.2) is 68.9 Å². The Morgan fingerprint density at radius 2 is 1.92 bits per heavy atom. The minimum Gasteiger partial charge on any atom is -0.360 e. The Labute approximate surface area is 150 Å². The number of rotatable bonds is 5. The molecule has 0 bridgehead atoms. The molecule has 0 radical (unpaired) electrons. The zero-order valence-electron chi connectivity index (χ0n) is 14.5. The second-order valence-electron chi connectivity index (χ2n) is 6.19. The van der Waals surface area contributed by atoms with Crippen molar-refractivity contribution in [2.75, 3.05) is 49.5 Å². The molecule has 8 nitrogen and oxygen atoms in total. The Bertz CT molecular complexity index is 800. The third kappa shape index (κ3) is 3.42. The van der Waals surface area contributed by atoms with Crippen molar-refractivity contribution in [3.63, 3.8) is 0 Å².